The van der Waals surface area contributed by atoms with E-state index in [0.29, 0.717) is 16.9 Å². The number of piperidine rings is 1. The molecule has 0 spiro atoms. The number of hydrogen-bond acceptors (Lipinski definition) is 5. The van der Waals surface area contributed by atoms with E-state index >= 15 is 0 Å². The first-order valence-corrected chi connectivity index (χ1v) is 8.95. The standard InChI is InChI=1S/C20H23FN2O4/c1-12-8-17(14-4-3-7-22-11-14)27-20(25)18(12)19(24)23-10-13-5-6-16(26-2)15(21)9-13/h5-6,8-9,14,22H,3-4,7,10-11H2,1-2H3,(H,23,24). The lowest BCUT2D eigenvalue weighted by Crippen LogP contribution is -2.31. The molecule has 0 radical (unpaired) electrons. The highest BCUT2D eigenvalue weighted by molar-refractivity contribution is 5.95. The Labute approximate surface area is 156 Å². The molecule has 1 fully saturated rings. The van der Waals surface area contributed by atoms with Crippen LogP contribution in [0.15, 0.2) is 33.5 Å². The van der Waals surface area contributed by atoms with Gasteiger partial charge in [0, 0.05) is 19.0 Å². The summed E-state index contributed by atoms with van der Waals surface area (Å²) in [6.07, 6.45) is 1.97. The van der Waals surface area contributed by atoms with Gasteiger partial charge in [-0.25, -0.2) is 9.18 Å². The highest BCUT2D eigenvalue weighted by Crippen LogP contribution is 2.23. The van der Waals surface area contributed by atoms with Crippen LogP contribution in [-0.2, 0) is 6.54 Å². The summed E-state index contributed by atoms with van der Waals surface area (Å²) < 4.78 is 24.0. The minimum Gasteiger partial charge on any atom is -0.494 e. The highest BCUT2D eigenvalue weighted by Gasteiger charge is 2.22. The molecule has 1 aliphatic heterocycles. The second-order valence-corrected chi connectivity index (χ2v) is 6.69. The highest BCUT2D eigenvalue weighted by atomic mass is 19.1. The smallest absolute Gasteiger partial charge is 0.349 e. The van der Waals surface area contributed by atoms with E-state index in [9.17, 15) is 14.0 Å². The first kappa shape index (κ1) is 19.1. The average Bonchev–Trinajstić information content (AvgIpc) is 2.66. The number of halogens is 1. The van der Waals surface area contributed by atoms with Crippen LogP contribution in [-0.4, -0.2) is 26.1 Å². The molecule has 1 atom stereocenters. The van der Waals surface area contributed by atoms with Crippen LogP contribution >= 0.6 is 0 Å². The summed E-state index contributed by atoms with van der Waals surface area (Å²) >= 11 is 0. The number of aryl methyl sites for hydroxylation is 1. The Bertz CT molecular complexity index is 888. The van der Waals surface area contributed by atoms with Gasteiger partial charge < -0.3 is 19.8 Å². The van der Waals surface area contributed by atoms with Crippen molar-refractivity contribution in [2.24, 2.45) is 0 Å². The summed E-state index contributed by atoms with van der Waals surface area (Å²) in [4.78, 5) is 24.8. The number of amides is 1. The molecule has 1 aromatic carbocycles. The van der Waals surface area contributed by atoms with Crippen molar-refractivity contribution in [2.75, 3.05) is 20.2 Å². The zero-order chi connectivity index (χ0) is 19.4. The van der Waals surface area contributed by atoms with Crippen molar-refractivity contribution in [2.45, 2.75) is 32.2 Å². The minimum atomic E-state index is -0.644. The van der Waals surface area contributed by atoms with Crippen LogP contribution in [0.4, 0.5) is 4.39 Å². The summed E-state index contributed by atoms with van der Waals surface area (Å²) in [6, 6.07) is 6.19. The molecule has 144 valence electrons. The Balaban J connectivity index is 1.72. The largest absolute Gasteiger partial charge is 0.494 e. The van der Waals surface area contributed by atoms with E-state index in [1.807, 2.05) is 0 Å². The van der Waals surface area contributed by atoms with Crippen molar-refractivity contribution in [1.82, 2.24) is 10.6 Å². The lowest BCUT2D eigenvalue weighted by atomic mass is 9.95. The van der Waals surface area contributed by atoms with Crippen LogP contribution < -0.4 is 21.0 Å². The lowest BCUT2D eigenvalue weighted by molar-refractivity contribution is 0.0945. The predicted octanol–water partition coefficient (Wildman–Crippen LogP) is 2.49. The van der Waals surface area contributed by atoms with Crippen LogP contribution in [0.25, 0.3) is 0 Å². The van der Waals surface area contributed by atoms with E-state index in [4.69, 9.17) is 9.15 Å². The van der Waals surface area contributed by atoms with Gasteiger partial charge in [0.05, 0.1) is 7.11 Å². The van der Waals surface area contributed by atoms with Crippen molar-refractivity contribution in [3.63, 3.8) is 0 Å². The van der Waals surface area contributed by atoms with Gasteiger partial charge in [0.1, 0.15) is 11.3 Å². The number of hydrogen-bond donors (Lipinski definition) is 2. The van der Waals surface area contributed by atoms with E-state index < -0.39 is 17.3 Å². The third kappa shape index (κ3) is 4.36. The van der Waals surface area contributed by atoms with Crippen LogP contribution in [0, 0.1) is 12.7 Å². The summed E-state index contributed by atoms with van der Waals surface area (Å²) in [6.45, 7) is 3.54. The lowest BCUT2D eigenvalue weighted by Gasteiger charge is -2.22. The van der Waals surface area contributed by atoms with E-state index in [-0.39, 0.29) is 23.8 Å². The molecule has 1 amide bonds. The molecular weight excluding hydrogens is 351 g/mol. The number of methoxy groups -OCH3 is 1. The third-order valence-corrected chi connectivity index (χ3v) is 4.76. The Hall–Kier alpha value is -2.67. The number of carbonyl (C=O) groups is 1. The maximum atomic E-state index is 13.7. The van der Waals surface area contributed by atoms with Gasteiger partial charge in [-0.2, -0.15) is 0 Å². The van der Waals surface area contributed by atoms with Crippen molar-refractivity contribution in [1.29, 1.82) is 0 Å². The van der Waals surface area contributed by atoms with E-state index in [1.165, 1.54) is 19.2 Å². The number of carbonyl (C=O) groups excluding carboxylic acids is 1. The second kappa shape index (κ2) is 8.35. The van der Waals surface area contributed by atoms with Crippen LogP contribution in [0.2, 0.25) is 0 Å². The topological polar surface area (TPSA) is 80.6 Å². The quantitative estimate of drug-likeness (QED) is 0.841. The zero-order valence-electron chi connectivity index (χ0n) is 15.4. The Morgan fingerprint density at radius 1 is 1.41 bits per heavy atom. The number of rotatable bonds is 5. The number of benzene rings is 1. The fourth-order valence-corrected chi connectivity index (χ4v) is 3.29. The van der Waals surface area contributed by atoms with Gasteiger partial charge in [0.2, 0.25) is 0 Å². The minimum absolute atomic E-state index is 0.0171. The molecule has 0 aliphatic carbocycles. The Kier molecular flexibility index (Phi) is 5.91. The molecule has 6 nitrogen and oxygen atoms in total. The Morgan fingerprint density at radius 2 is 2.22 bits per heavy atom. The summed E-state index contributed by atoms with van der Waals surface area (Å²) in [5.41, 5.74) is 0.476. The van der Waals surface area contributed by atoms with Gasteiger partial charge in [-0.3, -0.25) is 4.79 Å². The summed E-state index contributed by atoms with van der Waals surface area (Å²) in [5.74, 6) is -0.159. The maximum Gasteiger partial charge on any atom is 0.349 e. The molecule has 27 heavy (non-hydrogen) atoms. The first-order chi connectivity index (χ1) is 13.0. The number of ether oxygens (including phenoxy) is 1. The molecule has 3 rings (SSSR count). The molecule has 1 unspecified atom stereocenters. The molecular formula is C20H23FN2O4. The van der Waals surface area contributed by atoms with Gasteiger partial charge in [-0.05, 0) is 55.6 Å². The van der Waals surface area contributed by atoms with Crippen LogP contribution in [0.1, 0.15) is 46.0 Å². The Morgan fingerprint density at radius 3 is 2.85 bits per heavy atom. The molecule has 1 aliphatic rings. The van der Waals surface area contributed by atoms with Crippen LogP contribution in [0.5, 0.6) is 5.75 Å². The molecule has 2 N–H and O–H groups in total. The van der Waals surface area contributed by atoms with Crippen molar-refractivity contribution in [3.8, 4) is 5.75 Å². The molecule has 0 saturated carbocycles. The third-order valence-electron chi connectivity index (χ3n) is 4.76. The summed E-state index contributed by atoms with van der Waals surface area (Å²) in [7, 11) is 1.38. The van der Waals surface area contributed by atoms with E-state index in [1.54, 1.807) is 19.1 Å². The number of nitrogens with one attached hydrogen (secondary N) is 2. The SMILES string of the molecule is COc1ccc(CNC(=O)c2c(C)cc(C3CCCNC3)oc2=O)cc1F. The summed E-state index contributed by atoms with van der Waals surface area (Å²) in [5, 5.41) is 5.92. The fraction of sp³-hybridized carbons (Fsp3) is 0.400. The monoisotopic (exact) mass is 374 g/mol. The molecule has 1 saturated heterocycles. The molecule has 0 bridgehead atoms. The van der Waals surface area contributed by atoms with E-state index in [0.717, 1.165) is 25.9 Å². The van der Waals surface area contributed by atoms with E-state index in [2.05, 4.69) is 10.6 Å². The van der Waals surface area contributed by atoms with Crippen LogP contribution in [0.3, 0.4) is 0 Å². The first-order valence-electron chi connectivity index (χ1n) is 8.95. The van der Waals surface area contributed by atoms with Crippen molar-refractivity contribution in [3.05, 3.63) is 63.0 Å². The molecule has 2 heterocycles. The van der Waals surface area contributed by atoms with Gasteiger partial charge in [-0.1, -0.05) is 6.07 Å². The molecule has 7 heteroatoms. The maximum absolute atomic E-state index is 13.7. The van der Waals surface area contributed by atoms with Gasteiger partial charge in [0.25, 0.3) is 5.91 Å². The van der Waals surface area contributed by atoms with Gasteiger partial charge >= 0.3 is 5.63 Å². The van der Waals surface area contributed by atoms with Crippen molar-refractivity contribution >= 4 is 5.91 Å². The normalized spacial score (nSPS) is 16.8. The second-order valence-electron chi connectivity index (χ2n) is 6.69. The fourth-order valence-electron chi connectivity index (χ4n) is 3.29. The van der Waals surface area contributed by atoms with Gasteiger partial charge in [-0.15, -0.1) is 0 Å². The zero-order valence-corrected chi connectivity index (χ0v) is 15.4. The molecule has 2 aromatic rings. The predicted molar refractivity (Wildman–Crippen MR) is 98.7 cm³/mol. The van der Waals surface area contributed by atoms with Gasteiger partial charge in [0.15, 0.2) is 11.6 Å². The average molecular weight is 374 g/mol. The van der Waals surface area contributed by atoms with Crippen molar-refractivity contribution < 1.29 is 18.3 Å². The molecule has 1 aromatic heterocycles.